The van der Waals surface area contributed by atoms with Crippen LogP contribution in [0.25, 0.3) is 5.57 Å². The van der Waals surface area contributed by atoms with E-state index in [1.807, 2.05) is 0 Å². The maximum atomic E-state index is 12.4. The molecule has 0 unspecified atom stereocenters. The van der Waals surface area contributed by atoms with Crippen molar-refractivity contribution in [3.05, 3.63) is 35.7 Å². The summed E-state index contributed by atoms with van der Waals surface area (Å²) in [4.78, 5) is 3.38. The van der Waals surface area contributed by atoms with Crippen molar-refractivity contribution < 1.29 is 13.2 Å². The molecule has 0 saturated carbocycles. The topological polar surface area (TPSA) is 12.9 Å². The number of pyridine rings is 1. The van der Waals surface area contributed by atoms with Crippen LogP contribution < -0.4 is 0 Å². The molecule has 0 amide bonds. The van der Waals surface area contributed by atoms with Crippen LogP contribution in [0, 0.1) is 6.92 Å². The van der Waals surface area contributed by atoms with Gasteiger partial charge in [-0.05, 0) is 31.1 Å². The molecule has 1 aromatic heterocycles. The van der Waals surface area contributed by atoms with E-state index in [4.69, 9.17) is 0 Å². The molecule has 0 atom stereocenters. The summed E-state index contributed by atoms with van der Waals surface area (Å²) < 4.78 is 37.3. The van der Waals surface area contributed by atoms with Gasteiger partial charge in [0.1, 0.15) is 0 Å². The average molecular weight is 201 g/mol. The predicted molar refractivity (Wildman–Crippen MR) is 48.7 cm³/mol. The van der Waals surface area contributed by atoms with Crippen molar-refractivity contribution in [2.75, 3.05) is 0 Å². The minimum absolute atomic E-state index is 0.0671. The van der Waals surface area contributed by atoms with E-state index in [1.54, 1.807) is 6.92 Å². The highest BCUT2D eigenvalue weighted by Gasteiger charge is 2.35. The smallest absolute Gasteiger partial charge is 0.251 e. The summed E-state index contributed by atoms with van der Waals surface area (Å²) in [7, 11) is 0. The second-order valence-corrected chi connectivity index (χ2v) is 3.19. The monoisotopic (exact) mass is 201 g/mol. The Bertz CT molecular complexity index is 366. The maximum absolute atomic E-state index is 12.4. The Balaban J connectivity index is 3.37. The number of hydrogen-bond acceptors (Lipinski definition) is 1. The number of nitrogens with zero attached hydrogens (tertiary/aromatic N) is 1. The third-order valence-corrected chi connectivity index (χ3v) is 1.75. The summed E-state index contributed by atoms with van der Waals surface area (Å²) >= 11 is 0. The lowest BCUT2D eigenvalue weighted by Crippen LogP contribution is -2.11. The SMILES string of the molecule is C=C(C)c1cc(C)cnc1C(F)(F)F. The molecule has 1 rings (SSSR count). The molecule has 0 fully saturated rings. The lowest BCUT2D eigenvalue weighted by molar-refractivity contribution is -0.141. The van der Waals surface area contributed by atoms with E-state index in [2.05, 4.69) is 11.6 Å². The van der Waals surface area contributed by atoms with Gasteiger partial charge in [-0.1, -0.05) is 6.58 Å². The molecule has 14 heavy (non-hydrogen) atoms. The number of rotatable bonds is 1. The molecule has 0 bridgehead atoms. The number of alkyl halides is 3. The average Bonchev–Trinajstić information content (AvgIpc) is 2.01. The molecular weight excluding hydrogens is 191 g/mol. The molecule has 0 aliphatic carbocycles. The molecule has 0 radical (unpaired) electrons. The molecule has 0 N–H and O–H groups in total. The molecule has 0 aliphatic heterocycles. The van der Waals surface area contributed by atoms with Crippen LogP contribution in [0.3, 0.4) is 0 Å². The van der Waals surface area contributed by atoms with E-state index < -0.39 is 11.9 Å². The molecule has 0 aliphatic rings. The Morgan fingerprint density at radius 3 is 2.43 bits per heavy atom. The minimum atomic E-state index is -4.41. The van der Waals surface area contributed by atoms with Gasteiger partial charge < -0.3 is 0 Å². The highest BCUT2D eigenvalue weighted by Crippen LogP contribution is 2.32. The first kappa shape index (κ1) is 10.8. The predicted octanol–water partition coefficient (Wildman–Crippen LogP) is 3.44. The molecule has 76 valence electrons. The van der Waals surface area contributed by atoms with Crippen LogP contribution in [0.4, 0.5) is 13.2 Å². The van der Waals surface area contributed by atoms with Gasteiger partial charge >= 0.3 is 6.18 Å². The van der Waals surface area contributed by atoms with E-state index >= 15 is 0 Å². The minimum Gasteiger partial charge on any atom is -0.251 e. The van der Waals surface area contributed by atoms with Gasteiger partial charge in [0.05, 0.1) is 0 Å². The molecule has 4 heteroatoms. The largest absolute Gasteiger partial charge is 0.433 e. The Morgan fingerprint density at radius 2 is 2.00 bits per heavy atom. The van der Waals surface area contributed by atoms with Crippen LogP contribution in [0.5, 0.6) is 0 Å². The summed E-state index contributed by atoms with van der Waals surface area (Å²) in [6.07, 6.45) is -3.21. The van der Waals surface area contributed by atoms with Gasteiger partial charge in [0.2, 0.25) is 0 Å². The quantitative estimate of drug-likeness (QED) is 0.678. The number of allylic oxidation sites excluding steroid dienone is 1. The van der Waals surface area contributed by atoms with Crippen LogP contribution in [0.15, 0.2) is 18.8 Å². The van der Waals surface area contributed by atoms with E-state index in [1.165, 1.54) is 19.2 Å². The van der Waals surface area contributed by atoms with Crippen LogP contribution in [-0.2, 0) is 6.18 Å². The van der Waals surface area contributed by atoms with Crippen LogP contribution >= 0.6 is 0 Å². The molecule has 1 aromatic rings. The standard InChI is InChI=1S/C10H10F3N/c1-6(2)8-4-7(3)5-14-9(8)10(11,12)13/h4-5H,1H2,2-3H3. The van der Waals surface area contributed by atoms with Crippen LogP contribution in [-0.4, -0.2) is 4.98 Å². The number of aromatic nitrogens is 1. The van der Waals surface area contributed by atoms with Crippen molar-refractivity contribution in [2.24, 2.45) is 0 Å². The second-order valence-electron chi connectivity index (χ2n) is 3.19. The normalized spacial score (nSPS) is 11.5. The van der Waals surface area contributed by atoms with E-state index in [0.29, 0.717) is 11.1 Å². The Labute approximate surface area is 80.3 Å². The lowest BCUT2D eigenvalue weighted by Gasteiger charge is -2.11. The van der Waals surface area contributed by atoms with Crippen molar-refractivity contribution >= 4 is 5.57 Å². The Morgan fingerprint density at radius 1 is 1.43 bits per heavy atom. The molecule has 0 saturated heterocycles. The summed E-state index contributed by atoms with van der Waals surface area (Å²) in [6.45, 7) is 6.73. The molecule has 0 aromatic carbocycles. The van der Waals surface area contributed by atoms with Crippen molar-refractivity contribution in [1.82, 2.24) is 4.98 Å². The fraction of sp³-hybridized carbons (Fsp3) is 0.300. The maximum Gasteiger partial charge on any atom is 0.433 e. The van der Waals surface area contributed by atoms with Gasteiger partial charge in [-0.3, -0.25) is 4.98 Å². The first-order valence-corrected chi connectivity index (χ1v) is 4.02. The van der Waals surface area contributed by atoms with Gasteiger partial charge in [0.25, 0.3) is 0 Å². The van der Waals surface area contributed by atoms with Gasteiger partial charge in [0, 0.05) is 11.8 Å². The van der Waals surface area contributed by atoms with E-state index in [-0.39, 0.29) is 5.56 Å². The lowest BCUT2D eigenvalue weighted by atomic mass is 10.1. The van der Waals surface area contributed by atoms with Crippen molar-refractivity contribution in [3.8, 4) is 0 Å². The van der Waals surface area contributed by atoms with Crippen molar-refractivity contribution in [1.29, 1.82) is 0 Å². The summed E-state index contributed by atoms with van der Waals surface area (Å²) in [5.74, 6) is 0. The zero-order valence-corrected chi connectivity index (χ0v) is 7.94. The van der Waals surface area contributed by atoms with E-state index in [0.717, 1.165) is 0 Å². The Kier molecular flexibility index (Phi) is 2.64. The summed E-state index contributed by atoms with van der Waals surface area (Å²) in [5.41, 5.74) is 0.262. The molecule has 1 nitrogen and oxygen atoms in total. The fourth-order valence-electron chi connectivity index (χ4n) is 1.12. The fourth-order valence-corrected chi connectivity index (χ4v) is 1.12. The van der Waals surface area contributed by atoms with E-state index in [9.17, 15) is 13.2 Å². The third-order valence-electron chi connectivity index (χ3n) is 1.75. The third kappa shape index (κ3) is 2.13. The first-order valence-electron chi connectivity index (χ1n) is 4.02. The zero-order valence-electron chi connectivity index (χ0n) is 7.94. The number of aryl methyl sites for hydroxylation is 1. The molecule has 1 heterocycles. The zero-order chi connectivity index (χ0) is 10.9. The first-order chi connectivity index (χ1) is 6.32. The summed E-state index contributed by atoms with van der Waals surface area (Å²) in [5, 5.41) is 0. The number of halogens is 3. The summed E-state index contributed by atoms with van der Waals surface area (Å²) in [6, 6.07) is 1.44. The molecular formula is C10H10F3N. The highest BCUT2D eigenvalue weighted by molar-refractivity contribution is 5.64. The molecule has 0 spiro atoms. The van der Waals surface area contributed by atoms with Gasteiger partial charge in [-0.2, -0.15) is 13.2 Å². The van der Waals surface area contributed by atoms with Crippen LogP contribution in [0.1, 0.15) is 23.7 Å². The van der Waals surface area contributed by atoms with Gasteiger partial charge in [-0.25, -0.2) is 0 Å². The van der Waals surface area contributed by atoms with Gasteiger partial charge in [-0.15, -0.1) is 0 Å². The van der Waals surface area contributed by atoms with Crippen molar-refractivity contribution in [3.63, 3.8) is 0 Å². The van der Waals surface area contributed by atoms with Crippen molar-refractivity contribution in [2.45, 2.75) is 20.0 Å². The Hall–Kier alpha value is -1.32. The van der Waals surface area contributed by atoms with Gasteiger partial charge in [0.15, 0.2) is 5.69 Å². The second kappa shape index (κ2) is 3.44. The van der Waals surface area contributed by atoms with Crippen LogP contribution in [0.2, 0.25) is 0 Å². The number of hydrogen-bond donors (Lipinski definition) is 0. The highest BCUT2D eigenvalue weighted by atomic mass is 19.4.